The molecule has 12 atom stereocenters. The van der Waals surface area contributed by atoms with Crippen molar-refractivity contribution in [3.05, 3.63) is 162 Å². The lowest BCUT2D eigenvalue weighted by Gasteiger charge is -2.80. The quantitative estimate of drug-likeness (QED) is 0.111. The van der Waals surface area contributed by atoms with E-state index in [1.54, 1.807) is 146 Å². The third kappa shape index (κ3) is 1.72. The molecule has 14 aliphatic carbocycles. The molecule has 0 N–H and O–H groups in total. The Morgan fingerprint density at radius 2 is 0.527 bits per heavy atom. The Balaban J connectivity index is 0.993. The molecule has 7 heteroatoms. The van der Waals surface area contributed by atoms with E-state index >= 15 is 0 Å². The predicted octanol–water partition coefficient (Wildman–Crippen LogP) is 16.4. The molecule has 0 radical (unpaired) electrons. The van der Waals surface area contributed by atoms with E-state index in [0.29, 0.717) is 13.2 Å². The van der Waals surface area contributed by atoms with Crippen molar-refractivity contribution in [2.75, 3.05) is 13.2 Å². The van der Waals surface area contributed by atoms with Gasteiger partial charge in [0.1, 0.15) is 33.8 Å². The standard InChI is InChI=1S/C86H16N2O5/c1-3-9-17-15(7-1)75-13-89-85-71-56-43-32-26-22-24-23-21-25-29-37-27(21)28(22)38-30(26)40-36-44(32)57(56)72-60-47(36)53-51(40)64-49(38)48(37)63-50-39(29)35-42-31(25)41-33(23)45(34(24)43)59(71)67-54(41)55(42)68-58-46(35)52(50)66-62-61(65(53)80(66)79(63,64)93-80)69(60)82-76(14-90-86(72,82)85)16-8-2-4-10-18(16)78(92-76)74-73(87-19-11-5-6-12-20(19)88-74)77(17,91-75)83(68,81(67,75)85)84(78,82)70(58)62/h1-12H,13-14H2. The minimum absolute atomic E-state index is 0.387. The van der Waals surface area contributed by atoms with Crippen LogP contribution in [-0.2, 0) is 90.2 Å². The Labute approximate surface area is 510 Å². The van der Waals surface area contributed by atoms with E-state index in [4.69, 9.17) is 14.7 Å². The summed E-state index contributed by atoms with van der Waals surface area (Å²) in [6.07, 6.45) is 0. The van der Waals surface area contributed by atoms with Gasteiger partial charge in [0.25, 0.3) is 0 Å². The fourth-order valence-corrected chi connectivity index (χ4v) is 36.5. The molecule has 1 saturated carbocycles. The average molecular weight is 1160 g/mol. The molecule has 46 rings (SSSR count). The van der Waals surface area contributed by atoms with Gasteiger partial charge in [0.15, 0.2) is 22.4 Å². The fourth-order valence-electron chi connectivity index (χ4n) is 36.5. The number of epoxide rings is 1. The van der Waals surface area contributed by atoms with Crippen LogP contribution < -0.4 is 0 Å². The van der Waals surface area contributed by atoms with Crippen molar-refractivity contribution in [3.8, 4) is 11.1 Å². The number of ether oxygens (including phenoxy) is 5. The van der Waals surface area contributed by atoms with Gasteiger partial charge in [0.05, 0.1) is 45.9 Å². The number of rotatable bonds is 0. The maximum absolute atomic E-state index is 9.63. The second kappa shape index (κ2) is 7.79. The van der Waals surface area contributed by atoms with E-state index in [1.165, 1.54) is 159 Å². The molecule has 12 unspecified atom stereocenters. The Kier molecular flexibility index (Phi) is 2.99. The molecule has 25 aromatic rings. The highest BCUT2D eigenvalue weighted by atomic mass is 16.6. The molecule has 1 aromatic heterocycles. The zero-order valence-corrected chi connectivity index (χ0v) is 47.3. The smallest absolute Gasteiger partial charge is 0.160 e. The van der Waals surface area contributed by atoms with E-state index in [0.717, 1.165) is 22.4 Å². The average Bonchev–Trinajstić information content (AvgIpc) is 1.32. The van der Waals surface area contributed by atoms with Crippen molar-refractivity contribution < 1.29 is 23.7 Å². The van der Waals surface area contributed by atoms with Gasteiger partial charge in [0.2, 0.25) is 0 Å². The summed E-state index contributed by atoms with van der Waals surface area (Å²) in [6.45, 7) is 0.780. The summed E-state index contributed by atoms with van der Waals surface area (Å²) in [7, 11) is 0. The summed E-state index contributed by atoms with van der Waals surface area (Å²) in [5.41, 5.74) is 14.7. The molecule has 12 spiro atoms. The lowest BCUT2D eigenvalue weighted by molar-refractivity contribution is -0.300. The summed E-state index contributed by atoms with van der Waals surface area (Å²) in [6, 6.07) is 28.3. The van der Waals surface area contributed by atoms with Gasteiger partial charge in [-0.3, -0.25) is 0 Å². The summed E-state index contributed by atoms with van der Waals surface area (Å²) in [5, 5.41) is 61.8. The zero-order valence-electron chi connectivity index (χ0n) is 47.3. The van der Waals surface area contributed by atoms with Crippen LogP contribution in [0, 0.1) is 0 Å². The summed E-state index contributed by atoms with van der Waals surface area (Å²) in [4.78, 5) is 13.0. The Morgan fingerprint density at radius 3 is 0.978 bits per heavy atom. The number of fused-ring (bicyclic) bond motifs is 2. The highest BCUT2D eigenvalue weighted by molar-refractivity contribution is 6.76. The first kappa shape index (κ1) is 35.7. The van der Waals surface area contributed by atoms with E-state index in [9.17, 15) is 18.9 Å². The monoisotopic (exact) mass is 1160 g/mol. The van der Waals surface area contributed by atoms with Crippen molar-refractivity contribution in [3.63, 3.8) is 0 Å². The summed E-state index contributed by atoms with van der Waals surface area (Å²) >= 11 is 0. The van der Waals surface area contributed by atoms with Gasteiger partial charge in [-0.05, 0) is 283 Å². The largest absolute Gasteiger partial charge is 0.362 e. The van der Waals surface area contributed by atoms with Gasteiger partial charge in [0, 0.05) is 33.4 Å². The molecule has 24 aromatic carbocycles. The number of benzene rings is 17. The summed E-state index contributed by atoms with van der Waals surface area (Å²) in [5.74, 6) is 0. The Hall–Kier alpha value is -9.96. The molecule has 8 heterocycles. The SMILES string of the molecule is c1ccc2c(c1)C13COC45c6c7c8c9c%10c%11c%12c%13c%14c%15c%16c%17c%18c(c-9c9c%19c%20c%21c%22c%23c%24c(c%25c6c6c(c7%11)c%12c7c%14c%11c%12c%15c%14c%17c(c%19%18)c%21c%15c%22c%17c%24c%18c%25c6c7c%11c%18c%17c%12c%15%14)C46OCC47OC%11(c%12ccccc%124)c4nc%12ccccc%12nc4C2(O1)C9(C835)C%20%11C%2376)C%101OC%13%161. The Morgan fingerprint density at radius 1 is 0.237 bits per heavy atom. The molecule has 4 bridgehead atoms. The highest BCUT2D eigenvalue weighted by Gasteiger charge is 3.17. The van der Waals surface area contributed by atoms with Gasteiger partial charge in [-0.1, -0.05) is 60.7 Å². The van der Waals surface area contributed by atoms with Crippen molar-refractivity contribution in [1.29, 1.82) is 0 Å². The van der Waals surface area contributed by atoms with Crippen LogP contribution in [0.4, 0.5) is 0 Å². The number of nitrogens with zero attached hydrogens (tertiary/aromatic N) is 2. The fraction of sp³-hybridized carbons (Fsp3) is 0.163. The molecular formula is C86H16N2O5. The minimum Gasteiger partial charge on any atom is -0.362 e. The number of hydrogen-bond donors (Lipinski definition) is 0. The number of para-hydroxylation sites is 2. The van der Waals surface area contributed by atoms with Crippen molar-refractivity contribution in [2.45, 2.75) is 66.5 Å². The lowest BCUT2D eigenvalue weighted by atomic mass is 9.17. The van der Waals surface area contributed by atoms with Gasteiger partial charge in [-0.2, -0.15) is 0 Å². The first-order chi connectivity index (χ1) is 46.2. The maximum Gasteiger partial charge on any atom is 0.160 e. The van der Waals surface area contributed by atoms with Gasteiger partial charge >= 0.3 is 0 Å². The van der Waals surface area contributed by atoms with Gasteiger partial charge in [-0.15, -0.1) is 0 Å². The second-order valence-electron chi connectivity index (χ2n) is 34.6. The molecule has 400 valence electrons. The van der Waals surface area contributed by atoms with Crippen LogP contribution >= 0.6 is 0 Å². The summed E-state index contributed by atoms with van der Waals surface area (Å²) < 4.78 is 46.9. The van der Waals surface area contributed by atoms with Crippen LogP contribution in [-0.4, -0.2) is 23.2 Å². The van der Waals surface area contributed by atoms with E-state index in [1.807, 2.05) is 0 Å². The third-order valence-electron chi connectivity index (χ3n) is 35.5. The number of hydrogen-bond acceptors (Lipinski definition) is 7. The zero-order chi connectivity index (χ0) is 55.5. The molecule has 5 saturated heterocycles. The van der Waals surface area contributed by atoms with E-state index in [-0.39, 0.29) is 0 Å². The van der Waals surface area contributed by atoms with Crippen LogP contribution in [0.15, 0.2) is 72.8 Å². The molecule has 6 fully saturated rings. The van der Waals surface area contributed by atoms with Crippen LogP contribution in [0.1, 0.15) is 89.3 Å². The van der Waals surface area contributed by atoms with Crippen LogP contribution in [0.5, 0.6) is 0 Å². The first-order valence-electron chi connectivity index (χ1n) is 34.5. The molecule has 7 nitrogen and oxygen atoms in total. The van der Waals surface area contributed by atoms with Crippen LogP contribution in [0.2, 0.25) is 0 Å². The van der Waals surface area contributed by atoms with Gasteiger partial charge in [-0.25, -0.2) is 9.97 Å². The first-order valence-corrected chi connectivity index (χ1v) is 34.5. The van der Waals surface area contributed by atoms with Gasteiger partial charge < -0.3 is 23.7 Å². The second-order valence-corrected chi connectivity index (χ2v) is 34.6. The predicted molar refractivity (Wildman–Crippen MR) is 350 cm³/mol. The van der Waals surface area contributed by atoms with E-state index in [2.05, 4.69) is 72.8 Å². The molecule has 0 amide bonds. The molecule has 21 aliphatic rings. The van der Waals surface area contributed by atoms with Crippen LogP contribution in [0.25, 0.3) is 238 Å². The highest BCUT2D eigenvalue weighted by Crippen LogP contribution is 3.10. The van der Waals surface area contributed by atoms with Crippen molar-refractivity contribution in [2.24, 2.45) is 0 Å². The van der Waals surface area contributed by atoms with Crippen molar-refractivity contribution in [1.82, 2.24) is 9.97 Å². The molecular weight excluding hydrogens is 1140 g/mol. The van der Waals surface area contributed by atoms with E-state index < -0.39 is 66.5 Å². The molecule has 93 heavy (non-hydrogen) atoms. The topological polar surface area (TPSA) is 75.2 Å². The number of aromatic nitrogens is 2. The maximum atomic E-state index is 9.63. The normalized spacial score (nSPS) is 39.4. The molecule has 7 aliphatic heterocycles. The Bertz CT molecular complexity index is 9110. The lowest BCUT2D eigenvalue weighted by Crippen LogP contribution is -2.92. The van der Waals surface area contributed by atoms with Crippen LogP contribution in [0.3, 0.4) is 0 Å². The third-order valence-corrected chi connectivity index (χ3v) is 35.5. The minimum atomic E-state index is -1.23. The van der Waals surface area contributed by atoms with Crippen molar-refractivity contribution >= 4 is 226 Å².